The lowest BCUT2D eigenvalue weighted by atomic mass is 9.86. The number of rotatable bonds is 3. The molecule has 2 atom stereocenters. The lowest BCUT2D eigenvalue weighted by Crippen LogP contribution is -2.64. The Labute approximate surface area is 148 Å². The van der Waals surface area contributed by atoms with Crippen molar-refractivity contribution in [1.82, 2.24) is 0 Å². The number of benzene rings is 2. The molecule has 5 nitrogen and oxygen atoms in total. The van der Waals surface area contributed by atoms with Crippen LogP contribution in [0, 0.1) is 0 Å². The molecule has 2 aromatic carbocycles. The molecule has 0 saturated carbocycles. The molecule has 126 valence electrons. The van der Waals surface area contributed by atoms with Crippen LogP contribution in [0.25, 0.3) is 0 Å². The Morgan fingerprint density at radius 3 is 2.21 bits per heavy atom. The maximum atomic E-state index is 12.9. The van der Waals surface area contributed by atoms with Crippen molar-refractivity contribution in [2.24, 2.45) is 0 Å². The van der Waals surface area contributed by atoms with Gasteiger partial charge in [-0.3, -0.25) is 4.79 Å². The van der Waals surface area contributed by atoms with Crippen LogP contribution in [-0.4, -0.2) is 30.9 Å². The summed E-state index contributed by atoms with van der Waals surface area (Å²) in [6.07, 6.45) is 0. The molecule has 0 saturated heterocycles. The van der Waals surface area contributed by atoms with Crippen LogP contribution >= 0.6 is 23.2 Å². The summed E-state index contributed by atoms with van der Waals surface area (Å²) in [5, 5.41) is 11.8. The summed E-state index contributed by atoms with van der Waals surface area (Å²) in [6.45, 7) is 0. The van der Waals surface area contributed by atoms with Gasteiger partial charge in [-0.05, 0) is 30.3 Å². The van der Waals surface area contributed by atoms with Crippen molar-refractivity contribution >= 4 is 29.0 Å². The van der Waals surface area contributed by atoms with Gasteiger partial charge in [-0.1, -0.05) is 35.3 Å². The van der Waals surface area contributed by atoms with Crippen molar-refractivity contribution in [3.8, 4) is 5.75 Å². The summed E-state index contributed by atoms with van der Waals surface area (Å²) in [7, 11) is 2.51. The van der Waals surface area contributed by atoms with E-state index in [1.165, 1.54) is 26.4 Å². The Kier molecular flexibility index (Phi) is 4.32. The minimum Gasteiger partial charge on any atom is -0.451 e. The topological polar surface area (TPSA) is 65.0 Å². The lowest BCUT2D eigenvalue weighted by molar-refractivity contribution is -0.346. The fourth-order valence-corrected chi connectivity index (χ4v) is 3.07. The van der Waals surface area contributed by atoms with Gasteiger partial charge in [0.1, 0.15) is 5.75 Å². The molecule has 0 aromatic heterocycles. The van der Waals surface area contributed by atoms with Crippen molar-refractivity contribution in [2.45, 2.75) is 11.6 Å². The van der Waals surface area contributed by atoms with Crippen LogP contribution < -0.4 is 4.74 Å². The van der Waals surface area contributed by atoms with Crippen molar-refractivity contribution in [1.29, 1.82) is 0 Å². The predicted molar refractivity (Wildman–Crippen MR) is 88.5 cm³/mol. The van der Waals surface area contributed by atoms with Crippen molar-refractivity contribution in [2.75, 3.05) is 14.2 Å². The SMILES string of the molecule is COC1(O)C(=O)c2cc(Cl)ccc2OC1(OC)c1ccc(Cl)cc1. The van der Waals surface area contributed by atoms with Gasteiger partial charge in [-0.2, -0.15) is 0 Å². The Balaban J connectivity index is 2.26. The molecule has 1 heterocycles. The summed E-state index contributed by atoms with van der Waals surface area (Å²) in [6, 6.07) is 10.9. The second-order valence-electron chi connectivity index (χ2n) is 5.25. The molecule has 0 amide bonds. The molecule has 1 N–H and O–H groups in total. The van der Waals surface area contributed by atoms with E-state index in [4.69, 9.17) is 37.4 Å². The maximum Gasteiger partial charge on any atom is 0.304 e. The van der Waals surface area contributed by atoms with Gasteiger partial charge in [-0.15, -0.1) is 0 Å². The third-order valence-electron chi connectivity index (χ3n) is 4.00. The standard InChI is InChI=1S/C17H14Cl2O5/c1-22-16(21)15(20)13-9-12(19)7-8-14(13)24-17(16,23-2)10-3-5-11(18)6-4-10/h3-9,21H,1-2H3. The summed E-state index contributed by atoms with van der Waals surface area (Å²) in [5.74, 6) is -4.80. The van der Waals surface area contributed by atoms with Crippen LogP contribution in [0.15, 0.2) is 42.5 Å². The zero-order valence-electron chi connectivity index (χ0n) is 12.9. The van der Waals surface area contributed by atoms with Gasteiger partial charge in [0.15, 0.2) is 0 Å². The molecule has 2 unspecified atom stereocenters. The van der Waals surface area contributed by atoms with Crippen LogP contribution in [0.3, 0.4) is 0 Å². The average molecular weight is 369 g/mol. The predicted octanol–water partition coefficient (Wildman–Crippen LogP) is 3.40. The van der Waals surface area contributed by atoms with Crippen LogP contribution in [0.1, 0.15) is 15.9 Å². The number of hydrogen-bond donors (Lipinski definition) is 1. The number of methoxy groups -OCH3 is 2. The monoisotopic (exact) mass is 368 g/mol. The van der Waals surface area contributed by atoms with Gasteiger partial charge in [0.2, 0.25) is 5.78 Å². The van der Waals surface area contributed by atoms with E-state index in [0.29, 0.717) is 15.6 Å². The number of aliphatic hydroxyl groups is 1. The minimum atomic E-state index is -2.41. The number of Topliss-reactive ketones (excluding diaryl/α,β-unsaturated/α-hetero) is 1. The van der Waals surface area contributed by atoms with E-state index in [-0.39, 0.29) is 11.3 Å². The first-order valence-electron chi connectivity index (χ1n) is 7.00. The molecule has 0 aliphatic carbocycles. The van der Waals surface area contributed by atoms with Gasteiger partial charge in [0.05, 0.1) is 5.56 Å². The van der Waals surface area contributed by atoms with Gasteiger partial charge in [-0.25, -0.2) is 0 Å². The summed E-state index contributed by atoms with van der Waals surface area (Å²) < 4.78 is 16.5. The number of carbonyl (C=O) groups is 1. The number of halogens is 2. The Hall–Kier alpha value is -1.63. The number of hydrogen-bond acceptors (Lipinski definition) is 5. The Morgan fingerprint density at radius 1 is 1.00 bits per heavy atom. The molecule has 0 bridgehead atoms. The van der Waals surface area contributed by atoms with Crippen LogP contribution in [0.5, 0.6) is 5.75 Å². The summed E-state index contributed by atoms with van der Waals surface area (Å²) in [5.41, 5.74) is 0.473. The normalized spacial score (nSPS) is 26.0. The highest BCUT2D eigenvalue weighted by atomic mass is 35.5. The first-order valence-corrected chi connectivity index (χ1v) is 7.75. The smallest absolute Gasteiger partial charge is 0.304 e. The molecular formula is C17H14Cl2O5. The van der Waals surface area contributed by atoms with E-state index in [1.807, 2.05) is 0 Å². The van der Waals surface area contributed by atoms with E-state index in [1.54, 1.807) is 30.3 Å². The highest BCUT2D eigenvalue weighted by Crippen LogP contribution is 2.47. The van der Waals surface area contributed by atoms with Gasteiger partial charge in [0.25, 0.3) is 5.79 Å². The molecule has 1 aliphatic heterocycles. The molecule has 0 spiro atoms. The largest absolute Gasteiger partial charge is 0.451 e. The Bertz CT molecular complexity index is 792. The fourth-order valence-electron chi connectivity index (χ4n) is 2.77. The number of carbonyl (C=O) groups excluding carboxylic acids is 1. The quantitative estimate of drug-likeness (QED) is 0.841. The van der Waals surface area contributed by atoms with Crippen LogP contribution in [0.4, 0.5) is 0 Å². The average Bonchev–Trinajstić information content (AvgIpc) is 2.59. The molecule has 24 heavy (non-hydrogen) atoms. The molecule has 3 rings (SSSR count). The highest BCUT2D eigenvalue weighted by Gasteiger charge is 2.64. The van der Waals surface area contributed by atoms with Crippen LogP contribution in [-0.2, 0) is 15.3 Å². The first-order chi connectivity index (χ1) is 11.4. The van der Waals surface area contributed by atoms with Crippen molar-refractivity contribution < 1.29 is 24.1 Å². The molecular weight excluding hydrogens is 355 g/mol. The number of ether oxygens (including phenoxy) is 3. The number of ketones is 1. The highest BCUT2D eigenvalue weighted by molar-refractivity contribution is 6.31. The molecule has 1 aliphatic rings. The second-order valence-corrected chi connectivity index (χ2v) is 6.12. The van der Waals surface area contributed by atoms with E-state index in [2.05, 4.69) is 0 Å². The maximum absolute atomic E-state index is 12.9. The van der Waals surface area contributed by atoms with E-state index in [9.17, 15) is 9.90 Å². The lowest BCUT2D eigenvalue weighted by Gasteiger charge is -2.46. The van der Waals surface area contributed by atoms with Gasteiger partial charge < -0.3 is 19.3 Å². The van der Waals surface area contributed by atoms with Crippen molar-refractivity contribution in [3.05, 3.63) is 63.6 Å². The van der Waals surface area contributed by atoms with E-state index in [0.717, 1.165) is 0 Å². The van der Waals surface area contributed by atoms with E-state index >= 15 is 0 Å². The van der Waals surface area contributed by atoms with Crippen LogP contribution in [0.2, 0.25) is 10.0 Å². The van der Waals surface area contributed by atoms with Crippen molar-refractivity contribution in [3.63, 3.8) is 0 Å². The first kappa shape index (κ1) is 17.2. The molecule has 7 heteroatoms. The minimum absolute atomic E-state index is 0.105. The number of fused-ring (bicyclic) bond motifs is 1. The second kappa shape index (κ2) is 6.02. The van der Waals surface area contributed by atoms with E-state index < -0.39 is 17.4 Å². The third-order valence-corrected chi connectivity index (χ3v) is 4.49. The zero-order valence-corrected chi connectivity index (χ0v) is 14.4. The molecule has 0 radical (unpaired) electrons. The summed E-state index contributed by atoms with van der Waals surface area (Å²) in [4.78, 5) is 12.9. The van der Waals surface area contributed by atoms with Gasteiger partial charge >= 0.3 is 5.79 Å². The van der Waals surface area contributed by atoms with Gasteiger partial charge in [0, 0.05) is 29.8 Å². The zero-order chi connectivity index (χ0) is 17.5. The fraction of sp³-hybridized carbons (Fsp3) is 0.235. The summed E-state index contributed by atoms with van der Waals surface area (Å²) >= 11 is 11.9. The molecule has 0 fully saturated rings. The Morgan fingerprint density at radius 2 is 1.62 bits per heavy atom. The third kappa shape index (κ3) is 2.32. The molecule has 2 aromatic rings.